The van der Waals surface area contributed by atoms with Crippen LogP contribution in [0.5, 0.6) is 0 Å². The molecule has 2 nitrogen and oxygen atoms in total. The van der Waals surface area contributed by atoms with Gasteiger partial charge in [-0.3, -0.25) is 4.79 Å². The van der Waals surface area contributed by atoms with Crippen LogP contribution < -0.4 is 0 Å². The number of halogens is 2. The Bertz CT molecular complexity index is 489. The molecular formula is C16H20BrFO2. The molecule has 0 aromatic heterocycles. The Morgan fingerprint density at radius 3 is 2.85 bits per heavy atom. The van der Waals surface area contributed by atoms with E-state index in [1.54, 1.807) is 12.1 Å². The van der Waals surface area contributed by atoms with Crippen molar-refractivity contribution in [3.63, 3.8) is 0 Å². The molecule has 1 N–H and O–H groups in total. The van der Waals surface area contributed by atoms with Gasteiger partial charge >= 0.3 is 5.97 Å². The van der Waals surface area contributed by atoms with E-state index in [1.807, 2.05) is 0 Å². The number of carboxylic acid groups (broad SMARTS) is 1. The summed E-state index contributed by atoms with van der Waals surface area (Å²) in [5, 5.41) is 9.41. The maximum atomic E-state index is 14.1. The minimum Gasteiger partial charge on any atom is -0.481 e. The van der Waals surface area contributed by atoms with Crippen molar-refractivity contribution >= 4 is 21.9 Å². The molecule has 0 aliphatic heterocycles. The molecule has 1 fully saturated rings. The predicted octanol–water partition coefficient (Wildman–Crippen LogP) is 4.97. The van der Waals surface area contributed by atoms with Crippen LogP contribution >= 0.6 is 15.9 Å². The third-order valence-corrected chi connectivity index (χ3v) is 4.82. The molecule has 0 radical (unpaired) electrons. The first kappa shape index (κ1) is 15.5. The van der Waals surface area contributed by atoms with E-state index in [0.717, 1.165) is 30.2 Å². The van der Waals surface area contributed by atoms with Gasteiger partial charge in [-0.15, -0.1) is 0 Å². The lowest BCUT2D eigenvalue weighted by molar-refractivity contribution is -0.144. The second-order valence-corrected chi connectivity index (χ2v) is 6.60. The van der Waals surface area contributed by atoms with E-state index in [2.05, 4.69) is 22.9 Å². The van der Waals surface area contributed by atoms with Crippen LogP contribution in [0.15, 0.2) is 22.7 Å². The Morgan fingerprint density at radius 1 is 1.45 bits per heavy atom. The number of hydrogen-bond donors (Lipinski definition) is 1. The first-order chi connectivity index (χ1) is 9.52. The lowest BCUT2D eigenvalue weighted by Crippen LogP contribution is -2.29. The van der Waals surface area contributed by atoms with Gasteiger partial charge in [-0.2, -0.15) is 0 Å². The maximum absolute atomic E-state index is 14.1. The molecule has 1 aromatic rings. The Kier molecular flexibility index (Phi) is 5.19. The molecule has 1 aliphatic rings. The van der Waals surface area contributed by atoms with Gasteiger partial charge in [-0.25, -0.2) is 4.39 Å². The molecule has 0 heterocycles. The summed E-state index contributed by atoms with van der Waals surface area (Å²) >= 11 is 3.35. The summed E-state index contributed by atoms with van der Waals surface area (Å²) in [6.07, 6.45) is 4.56. The van der Waals surface area contributed by atoms with Crippen molar-refractivity contribution in [1.29, 1.82) is 0 Å². The molecule has 0 spiro atoms. The van der Waals surface area contributed by atoms with Crippen molar-refractivity contribution in [1.82, 2.24) is 0 Å². The minimum absolute atomic E-state index is 0.213. The van der Waals surface area contributed by atoms with Gasteiger partial charge in [0.2, 0.25) is 0 Å². The first-order valence-corrected chi connectivity index (χ1v) is 8.00. The lowest BCUT2D eigenvalue weighted by atomic mass is 9.70. The van der Waals surface area contributed by atoms with Gasteiger partial charge in [0.15, 0.2) is 0 Å². The number of rotatable bonds is 4. The molecule has 1 saturated carbocycles. The summed E-state index contributed by atoms with van der Waals surface area (Å²) in [5.74, 6) is -1.26. The fraction of sp³-hybridized carbons (Fsp3) is 0.562. The van der Waals surface area contributed by atoms with E-state index in [-0.39, 0.29) is 11.7 Å². The van der Waals surface area contributed by atoms with Gasteiger partial charge in [0.05, 0.1) is 5.92 Å². The van der Waals surface area contributed by atoms with Crippen LogP contribution in [-0.4, -0.2) is 11.1 Å². The van der Waals surface area contributed by atoms with Gasteiger partial charge in [-0.05, 0) is 48.9 Å². The van der Waals surface area contributed by atoms with Gasteiger partial charge in [0, 0.05) is 10.4 Å². The van der Waals surface area contributed by atoms with E-state index in [0.29, 0.717) is 17.9 Å². The quantitative estimate of drug-likeness (QED) is 0.838. The zero-order valence-corrected chi connectivity index (χ0v) is 13.2. The van der Waals surface area contributed by atoms with Gasteiger partial charge < -0.3 is 5.11 Å². The molecule has 110 valence electrons. The standard InChI is InChI=1S/C16H20BrFO2/c1-2-3-10-4-6-12(16(19)20)13(8-10)14-9-11(17)5-7-15(14)18/h5,7,9-10,12-13H,2-4,6,8H2,1H3,(H,19,20). The monoisotopic (exact) mass is 342 g/mol. The van der Waals surface area contributed by atoms with E-state index in [4.69, 9.17) is 0 Å². The highest BCUT2D eigenvalue weighted by Gasteiger charge is 2.36. The van der Waals surface area contributed by atoms with Crippen LogP contribution in [0, 0.1) is 17.7 Å². The molecule has 0 saturated heterocycles. The summed E-state index contributed by atoms with van der Waals surface area (Å²) in [7, 11) is 0. The second-order valence-electron chi connectivity index (χ2n) is 5.68. The smallest absolute Gasteiger partial charge is 0.307 e. The van der Waals surface area contributed by atoms with Crippen LogP contribution in [0.1, 0.15) is 50.5 Å². The van der Waals surface area contributed by atoms with Gasteiger partial charge in [0.25, 0.3) is 0 Å². The predicted molar refractivity (Wildman–Crippen MR) is 80.2 cm³/mol. The highest BCUT2D eigenvalue weighted by atomic mass is 79.9. The molecule has 3 atom stereocenters. The van der Waals surface area contributed by atoms with Crippen LogP contribution in [0.4, 0.5) is 4.39 Å². The van der Waals surface area contributed by atoms with Gasteiger partial charge in [0.1, 0.15) is 5.82 Å². The summed E-state index contributed by atoms with van der Waals surface area (Å²) in [5.41, 5.74) is 0.549. The van der Waals surface area contributed by atoms with Crippen LogP contribution in [-0.2, 0) is 4.79 Å². The van der Waals surface area contributed by atoms with Crippen LogP contribution in [0.2, 0.25) is 0 Å². The highest BCUT2D eigenvalue weighted by Crippen LogP contribution is 2.43. The van der Waals surface area contributed by atoms with E-state index in [9.17, 15) is 14.3 Å². The molecule has 1 aromatic carbocycles. The van der Waals surface area contributed by atoms with Crippen molar-refractivity contribution < 1.29 is 14.3 Å². The zero-order chi connectivity index (χ0) is 14.7. The summed E-state index contributed by atoms with van der Waals surface area (Å²) in [4.78, 5) is 11.5. The Morgan fingerprint density at radius 2 is 2.20 bits per heavy atom. The molecule has 20 heavy (non-hydrogen) atoms. The zero-order valence-electron chi connectivity index (χ0n) is 11.6. The Balaban J connectivity index is 2.31. The number of benzene rings is 1. The third-order valence-electron chi connectivity index (χ3n) is 4.33. The van der Waals surface area contributed by atoms with Crippen molar-refractivity contribution in [2.24, 2.45) is 11.8 Å². The van der Waals surface area contributed by atoms with Gasteiger partial charge in [-0.1, -0.05) is 35.7 Å². The summed E-state index contributed by atoms with van der Waals surface area (Å²) < 4.78 is 14.9. The molecule has 3 unspecified atom stereocenters. The molecule has 4 heteroatoms. The highest BCUT2D eigenvalue weighted by molar-refractivity contribution is 9.10. The van der Waals surface area contributed by atoms with E-state index >= 15 is 0 Å². The first-order valence-electron chi connectivity index (χ1n) is 7.20. The Labute approximate surface area is 127 Å². The fourth-order valence-corrected chi connectivity index (χ4v) is 3.74. The van der Waals surface area contributed by atoms with Crippen molar-refractivity contribution in [3.05, 3.63) is 34.1 Å². The number of carboxylic acids is 1. The topological polar surface area (TPSA) is 37.3 Å². The van der Waals surface area contributed by atoms with Crippen molar-refractivity contribution in [2.75, 3.05) is 0 Å². The third kappa shape index (κ3) is 3.40. The molecule has 0 amide bonds. The van der Waals surface area contributed by atoms with Crippen molar-refractivity contribution in [2.45, 2.75) is 44.9 Å². The molecular weight excluding hydrogens is 323 g/mol. The molecule has 1 aliphatic carbocycles. The maximum Gasteiger partial charge on any atom is 0.307 e. The normalized spacial score (nSPS) is 26.4. The largest absolute Gasteiger partial charge is 0.481 e. The summed E-state index contributed by atoms with van der Waals surface area (Å²) in [6, 6.07) is 4.81. The number of carbonyl (C=O) groups is 1. The Hall–Kier alpha value is -0.900. The average molecular weight is 343 g/mol. The van der Waals surface area contributed by atoms with E-state index in [1.165, 1.54) is 6.07 Å². The fourth-order valence-electron chi connectivity index (χ4n) is 3.37. The van der Waals surface area contributed by atoms with Crippen LogP contribution in [0.3, 0.4) is 0 Å². The average Bonchev–Trinajstić information content (AvgIpc) is 2.41. The summed E-state index contributed by atoms with van der Waals surface area (Å²) in [6.45, 7) is 2.14. The SMILES string of the molecule is CCCC1CCC(C(=O)O)C(c2cc(Br)ccc2F)C1. The number of hydrogen-bond acceptors (Lipinski definition) is 1. The van der Waals surface area contributed by atoms with Crippen molar-refractivity contribution in [3.8, 4) is 0 Å². The minimum atomic E-state index is -0.802. The van der Waals surface area contributed by atoms with Crippen LogP contribution in [0.25, 0.3) is 0 Å². The lowest BCUT2D eigenvalue weighted by Gasteiger charge is -2.34. The molecule has 2 rings (SSSR count). The number of aliphatic carboxylic acids is 1. The molecule has 0 bridgehead atoms. The van der Waals surface area contributed by atoms with E-state index < -0.39 is 11.9 Å². The second kappa shape index (κ2) is 6.70.